The largest absolute Gasteiger partial charge is 0.367 e. The minimum atomic E-state index is -3.34. The summed E-state index contributed by atoms with van der Waals surface area (Å²) >= 11 is 1.33. The van der Waals surface area contributed by atoms with Crippen molar-refractivity contribution < 1.29 is 8.42 Å². The third-order valence-corrected chi connectivity index (χ3v) is 5.80. The van der Waals surface area contributed by atoms with Crippen LogP contribution in [0, 0.1) is 0 Å². The van der Waals surface area contributed by atoms with E-state index in [1.807, 2.05) is 31.5 Å². The van der Waals surface area contributed by atoms with E-state index < -0.39 is 10.0 Å². The maximum Gasteiger partial charge on any atom is 0.250 e. The van der Waals surface area contributed by atoms with Crippen LogP contribution in [0.25, 0.3) is 0 Å². The molecule has 0 aliphatic heterocycles. The maximum atomic E-state index is 12.0. The van der Waals surface area contributed by atoms with Crippen LogP contribution in [0.15, 0.2) is 34.8 Å². The second-order valence-corrected chi connectivity index (χ2v) is 7.10. The zero-order valence-corrected chi connectivity index (χ0v) is 11.8. The van der Waals surface area contributed by atoms with Crippen LogP contribution in [-0.2, 0) is 22.9 Å². The average molecular weight is 284 g/mol. The van der Waals surface area contributed by atoms with E-state index in [1.54, 1.807) is 6.07 Å². The summed E-state index contributed by atoms with van der Waals surface area (Å²) in [6, 6.07) is 5.47. The van der Waals surface area contributed by atoms with Crippen molar-refractivity contribution in [3.8, 4) is 0 Å². The summed E-state index contributed by atoms with van der Waals surface area (Å²) in [7, 11) is -3.34. The molecular weight excluding hydrogens is 268 g/mol. The zero-order chi connectivity index (χ0) is 13.0. The molecule has 2 rings (SSSR count). The number of aryl methyl sites for hydroxylation is 1. The zero-order valence-electron chi connectivity index (χ0n) is 10.1. The Morgan fingerprint density at radius 3 is 2.78 bits per heavy atom. The molecule has 0 atom stereocenters. The van der Waals surface area contributed by atoms with Crippen molar-refractivity contribution in [1.29, 1.82) is 0 Å². The quantitative estimate of drug-likeness (QED) is 0.854. The number of nitrogens with one attached hydrogen (secondary N) is 2. The normalized spacial score (nSPS) is 11.8. The third-order valence-electron chi connectivity index (χ3n) is 2.62. The van der Waals surface area contributed by atoms with Gasteiger partial charge in [-0.15, -0.1) is 11.3 Å². The first-order valence-electron chi connectivity index (χ1n) is 5.82. The summed E-state index contributed by atoms with van der Waals surface area (Å²) in [5, 5.41) is 0. The molecule has 0 unspecified atom stereocenters. The van der Waals surface area contributed by atoms with Gasteiger partial charge >= 0.3 is 0 Å². The first-order chi connectivity index (χ1) is 8.62. The number of hydrogen-bond donors (Lipinski definition) is 2. The molecule has 98 valence electrons. The summed E-state index contributed by atoms with van der Waals surface area (Å²) in [4.78, 5) is 4.03. The van der Waals surface area contributed by atoms with E-state index in [-0.39, 0.29) is 0 Å². The van der Waals surface area contributed by atoms with Crippen LogP contribution in [0.4, 0.5) is 0 Å². The lowest BCUT2D eigenvalue weighted by Crippen LogP contribution is -2.25. The standard InChI is InChI=1S/C12H16N2O2S2/c1-2-11-3-4-12(17-11)18(15,16)14-8-6-10-5-7-13-9-10/h3-5,7,9,13-14H,2,6,8H2,1H3. The predicted molar refractivity (Wildman–Crippen MR) is 73.4 cm³/mol. The summed E-state index contributed by atoms with van der Waals surface area (Å²) in [6.07, 6.45) is 5.25. The Balaban J connectivity index is 1.95. The van der Waals surface area contributed by atoms with Crippen LogP contribution in [0.5, 0.6) is 0 Å². The van der Waals surface area contributed by atoms with E-state index in [1.165, 1.54) is 11.3 Å². The number of aromatic amines is 1. The van der Waals surface area contributed by atoms with Crippen LogP contribution >= 0.6 is 11.3 Å². The van der Waals surface area contributed by atoms with Crippen LogP contribution in [0.2, 0.25) is 0 Å². The summed E-state index contributed by atoms with van der Waals surface area (Å²) < 4.78 is 27.0. The lowest BCUT2D eigenvalue weighted by atomic mass is 10.2. The molecule has 0 aromatic carbocycles. The van der Waals surface area contributed by atoms with Crippen molar-refractivity contribution in [1.82, 2.24) is 9.71 Å². The number of hydrogen-bond acceptors (Lipinski definition) is 3. The van der Waals surface area contributed by atoms with Gasteiger partial charge in [-0.05, 0) is 36.6 Å². The fourth-order valence-electron chi connectivity index (χ4n) is 1.61. The second-order valence-electron chi connectivity index (χ2n) is 3.94. The van der Waals surface area contributed by atoms with Gasteiger partial charge in [-0.25, -0.2) is 13.1 Å². The molecule has 0 fully saturated rings. The summed E-state index contributed by atoms with van der Waals surface area (Å²) in [6.45, 7) is 2.43. The fourth-order valence-corrected chi connectivity index (χ4v) is 3.98. The Kier molecular flexibility index (Phi) is 4.21. The van der Waals surface area contributed by atoms with Gasteiger partial charge in [-0.1, -0.05) is 6.92 Å². The molecule has 2 heterocycles. The molecule has 6 heteroatoms. The molecule has 0 saturated carbocycles. The number of aromatic nitrogens is 1. The van der Waals surface area contributed by atoms with Crippen molar-refractivity contribution >= 4 is 21.4 Å². The highest BCUT2D eigenvalue weighted by Gasteiger charge is 2.15. The molecule has 0 aliphatic carbocycles. The molecule has 0 aliphatic rings. The lowest BCUT2D eigenvalue weighted by Gasteiger charge is -2.03. The molecule has 0 amide bonds. The van der Waals surface area contributed by atoms with Crippen molar-refractivity contribution in [3.05, 3.63) is 41.0 Å². The first-order valence-corrected chi connectivity index (χ1v) is 8.12. The van der Waals surface area contributed by atoms with Gasteiger partial charge in [0.05, 0.1) is 0 Å². The predicted octanol–water partition coefficient (Wildman–Crippen LogP) is 2.16. The molecule has 0 radical (unpaired) electrons. The summed E-state index contributed by atoms with van der Waals surface area (Å²) in [5.74, 6) is 0. The van der Waals surface area contributed by atoms with E-state index >= 15 is 0 Å². The lowest BCUT2D eigenvalue weighted by molar-refractivity contribution is 0.584. The van der Waals surface area contributed by atoms with Crippen molar-refractivity contribution in [2.24, 2.45) is 0 Å². The Labute approximate surface area is 111 Å². The van der Waals surface area contributed by atoms with E-state index in [0.717, 1.165) is 16.9 Å². The van der Waals surface area contributed by atoms with Gasteiger partial charge in [-0.3, -0.25) is 0 Å². The number of sulfonamides is 1. The smallest absolute Gasteiger partial charge is 0.250 e. The van der Waals surface area contributed by atoms with Gasteiger partial charge in [0.1, 0.15) is 4.21 Å². The summed E-state index contributed by atoms with van der Waals surface area (Å²) in [5.41, 5.74) is 1.10. The van der Waals surface area contributed by atoms with Crippen molar-refractivity contribution in [2.45, 2.75) is 24.0 Å². The number of thiophene rings is 1. The Bertz CT molecular complexity index is 585. The molecular formula is C12H16N2O2S2. The second kappa shape index (κ2) is 5.69. The average Bonchev–Trinajstić information content (AvgIpc) is 2.99. The molecule has 2 N–H and O–H groups in total. The molecule has 0 saturated heterocycles. The molecule has 0 spiro atoms. The van der Waals surface area contributed by atoms with Gasteiger partial charge in [0, 0.05) is 23.8 Å². The topological polar surface area (TPSA) is 62.0 Å². The van der Waals surface area contributed by atoms with Gasteiger partial charge < -0.3 is 4.98 Å². The number of rotatable bonds is 6. The van der Waals surface area contributed by atoms with Crippen LogP contribution < -0.4 is 4.72 Å². The Hall–Kier alpha value is -1.11. The SMILES string of the molecule is CCc1ccc(S(=O)(=O)NCCc2cc[nH]c2)s1. The van der Waals surface area contributed by atoms with Crippen LogP contribution in [0.3, 0.4) is 0 Å². The monoisotopic (exact) mass is 284 g/mol. The first kappa shape index (κ1) is 13.3. The molecule has 0 bridgehead atoms. The minimum Gasteiger partial charge on any atom is -0.367 e. The maximum absolute atomic E-state index is 12.0. The third kappa shape index (κ3) is 3.22. The molecule has 2 aromatic rings. The molecule has 2 aromatic heterocycles. The van der Waals surface area contributed by atoms with Crippen LogP contribution in [0.1, 0.15) is 17.4 Å². The van der Waals surface area contributed by atoms with E-state index in [9.17, 15) is 8.42 Å². The van der Waals surface area contributed by atoms with Crippen molar-refractivity contribution in [2.75, 3.05) is 6.54 Å². The highest BCUT2D eigenvalue weighted by molar-refractivity contribution is 7.91. The Morgan fingerprint density at radius 1 is 1.33 bits per heavy atom. The van der Waals surface area contributed by atoms with Gasteiger partial charge in [0.2, 0.25) is 10.0 Å². The molecule has 4 nitrogen and oxygen atoms in total. The minimum absolute atomic E-state index is 0.397. The van der Waals surface area contributed by atoms with E-state index in [4.69, 9.17) is 0 Å². The van der Waals surface area contributed by atoms with E-state index in [0.29, 0.717) is 17.2 Å². The van der Waals surface area contributed by atoms with E-state index in [2.05, 4.69) is 9.71 Å². The molecule has 18 heavy (non-hydrogen) atoms. The van der Waals surface area contributed by atoms with Gasteiger partial charge in [0.15, 0.2) is 0 Å². The van der Waals surface area contributed by atoms with Gasteiger partial charge in [-0.2, -0.15) is 0 Å². The number of H-pyrrole nitrogens is 1. The van der Waals surface area contributed by atoms with Gasteiger partial charge in [0.25, 0.3) is 0 Å². The van der Waals surface area contributed by atoms with Crippen LogP contribution in [-0.4, -0.2) is 19.9 Å². The highest BCUT2D eigenvalue weighted by atomic mass is 32.2. The highest BCUT2D eigenvalue weighted by Crippen LogP contribution is 2.21. The van der Waals surface area contributed by atoms with Crippen molar-refractivity contribution in [3.63, 3.8) is 0 Å². The Morgan fingerprint density at radius 2 is 2.17 bits per heavy atom. The fraction of sp³-hybridized carbons (Fsp3) is 0.333.